The van der Waals surface area contributed by atoms with Crippen molar-refractivity contribution in [1.82, 2.24) is 20.4 Å². The summed E-state index contributed by atoms with van der Waals surface area (Å²) in [6.07, 6.45) is 5.15. The zero-order valence-electron chi connectivity index (χ0n) is 15.8. The van der Waals surface area contributed by atoms with Crippen LogP contribution in [-0.4, -0.2) is 32.9 Å². The summed E-state index contributed by atoms with van der Waals surface area (Å²) in [5, 5.41) is 12.3. The molecule has 30 heavy (non-hydrogen) atoms. The number of fused-ring (bicyclic) bond motifs is 1. The molecular formula is C22H17N5O3. The van der Waals surface area contributed by atoms with E-state index in [0.717, 1.165) is 5.56 Å². The first-order valence-electron chi connectivity index (χ1n) is 9.15. The Kier molecular flexibility index (Phi) is 5.01. The van der Waals surface area contributed by atoms with Crippen molar-refractivity contribution in [3.63, 3.8) is 0 Å². The van der Waals surface area contributed by atoms with Gasteiger partial charge in [0.1, 0.15) is 0 Å². The Bertz CT molecular complexity index is 1180. The van der Waals surface area contributed by atoms with Crippen LogP contribution in [0.3, 0.4) is 0 Å². The zero-order valence-corrected chi connectivity index (χ0v) is 15.8. The lowest BCUT2D eigenvalue weighted by Crippen LogP contribution is -2.40. The summed E-state index contributed by atoms with van der Waals surface area (Å²) in [6, 6.07) is 15.2. The number of benzene rings is 2. The number of carbonyl (C=O) groups is 3. The SMILES string of the molecule is C#CC(=O)Nc1ccccc1-c1[nH]nc2c1CN(C(=O)NC(=O)c1ccccc1)C2. The van der Waals surface area contributed by atoms with Crippen molar-refractivity contribution in [3.05, 3.63) is 71.4 Å². The van der Waals surface area contributed by atoms with Gasteiger partial charge in [0.15, 0.2) is 0 Å². The van der Waals surface area contributed by atoms with Crippen LogP contribution in [-0.2, 0) is 17.9 Å². The van der Waals surface area contributed by atoms with Gasteiger partial charge in [-0.3, -0.25) is 20.0 Å². The Balaban J connectivity index is 1.52. The first-order chi connectivity index (χ1) is 14.6. The lowest BCUT2D eigenvalue weighted by Gasteiger charge is -2.16. The van der Waals surface area contributed by atoms with Crippen molar-refractivity contribution in [1.29, 1.82) is 0 Å². The van der Waals surface area contributed by atoms with Crippen LogP contribution in [0.4, 0.5) is 10.5 Å². The zero-order chi connectivity index (χ0) is 21.1. The highest BCUT2D eigenvalue weighted by molar-refractivity contribution is 6.06. The number of carbonyl (C=O) groups excluding carboxylic acids is 3. The predicted octanol–water partition coefficient (Wildman–Crippen LogP) is 2.51. The average molecular weight is 399 g/mol. The van der Waals surface area contributed by atoms with E-state index < -0.39 is 17.8 Å². The van der Waals surface area contributed by atoms with E-state index in [0.29, 0.717) is 28.2 Å². The second-order valence-electron chi connectivity index (χ2n) is 6.65. The van der Waals surface area contributed by atoms with E-state index in [1.165, 1.54) is 4.90 Å². The summed E-state index contributed by atoms with van der Waals surface area (Å²) in [5.74, 6) is 1.00. The summed E-state index contributed by atoms with van der Waals surface area (Å²) in [4.78, 5) is 38.0. The molecule has 0 radical (unpaired) electrons. The quantitative estimate of drug-likeness (QED) is 0.588. The van der Waals surface area contributed by atoms with Crippen molar-refractivity contribution in [2.45, 2.75) is 13.1 Å². The number of aromatic amines is 1. The van der Waals surface area contributed by atoms with Gasteiger partial charge in [-0.2, -0.15) is 5.10 Å². The molecule has 1 aromatic heterocycles. The van der Waals surface area contributed by atoms with Gasteiger partial charge in [0.25, 0.3) is 11.8 Å². The summed E-state index contributed by atoms with van der Waals surface area (Å²) in [5.41, 5.74) is 3.85. The van der Waals surface area contributed by atoms with E-state index in [1.807, 2.05) is 18.1 Å². The fourth-order valence-electron chi connectivity index (χ4n) is 3.30. The van der Waals surface area contributed by atoms with Crippen LogP contribution < -0.4 is 10.6 Å². The number of anilines is 1. The molecule has 2 aromatic carbocycles. The fraction of sp³-hybridized carbons (Fsp3) is 0.0909. The third-order valence-electron chi connectivity index (χ3n) is 4.76. The van der Waals surface area contributed by atoms with E-state index in [9.17, 15) is 14.4 Å². The second-order valence-corrected chi connectivity index (χ2v) is 6.65. The maximum absolute atomic E-state index is 12.6. The first-order valence-corrected chi connectivity index (χ1v) is 9.15. The molecule has 0 saturated carbocycles. The number of imide groups is 1. The van der Waals surface area contributed by atoms with Crippen molar-refractivity contribution < 1.29 is 14.4 Å². The van der Waals surface area contributed by atoms with Crippen LogP contribution in [0.5, 0.6) is 0 Å². The van der Waals surface area contributed by atoms with Crippen molar-refractivity contribution in [2.24, 2.45) is 0 Å². The molecule has 8 heteroatoms. The number of hydrogen-bond acceptors (Lipinski definition) is 4. The third kappa shape index (κ3) is 3.64. The van der Waals surface area contributed by atoms with Gasteiger partial charge < -0.3 is 10.2 Å². The van der Waals surface area contributed by atoms with Crippen LogP contribution in [0.2, 0.25) is 0 Å². The van der Waals surface area contributed by atoms with Crippen molar-refractivity contribution >= 4 is 23.5 Å². The summed E-state index contributed by atoms with van der Waals surface area (Å²) in [6.45, 7) is 0.533. The molecule has 148 valence electrons. The fourth-order valence-corrected chi connectivity index (χ4v) is 3.30. The van der Waals surface area contributed by atoms with E-state index in [4.69, 9.17) is 6.42 Å². The standard InChI is InChI=1S/C22H17N5O3/c1-2-19(28)23-17-11-7-6-10-15(17)20-16-12-27(13-18(16)25-26-20)22(30)24-21(29)14-8-4-3-5-9-14/h1,3-11H,12-13H2,(H,23,28)(H,25,26)(H,24,29,30). The Hall–Kier alpha value is -4.38. The summed E-state index contributed by atoms with van der Waals surface area (Å²) < 4.78 is 0. The largest absolute Gasteiger partial charge is 0.324 e. The Morgan fingerprint density at radius 3 is 2.53 bits per heavy atom. The van der Waals surface area contributed by atoms with Gasteiger partial charge in [0.05, 0.1) is 30.2 Å². The molecule has 3 aromatic rings. The molecule has 0 unspecified atom stereocenters. The maximum atomic E-state index is 12.6. The predicted molar refractivity (Wildman–Crippen MR) is 110 cm³/mol. The molecule has 4 amide bonds. The topological polar surface area (TPSA) is 107 Å². The molecule has 8 nitrogen and oxygen atoms in total. The van der Waals surface area contributed by atoms with Gasteiger partial charge >= 0.3 is 6.03 Å². The number of H-pyrrole nitrogens is 1. The minimum atomic E-state index is -0.556. The number of aromatic nitrogens is 2. The number of urea groups is 1. The Morgan fingerprint density at radius 1 is 1.03 bits per heavy atom. The number of nitrogens with zero attached hydrogens (tertiary/aromatic N) is 2. The van der Waals surface area contributed by atoms with Crippen LogP contribution >= 0.6 is 0 Å². The lowest BCUT2D eigenvalue weighted by atomic mass is 10.0. The molecular weight excluding hydrogens is 382 g/mol. The minimum Gasteiger partial charge on any atom is -0.315 e. The molecule has 0 bridgehead atoms. The van der Waals surface area contributed by atoms with Crippen LogP contribution in [0.25, 0.3) is 11.3 Å². The van der Waals surface area contributed by atoms with E-state index in [1.54, 1.807) is 42.5 Å². The minimum absolute atomic E-state index is 0.263. The third-order valence-corrected chi connectivity index (χ3v) is 4.76. The molecule has 0 fully saturated rings. The molecule has 0 atom stereocenters. The number of rotatable bonds is 3. The lowest BCUT2D eigenvalue weighted by molar-refractivity contribution is -0.111. The van der Waals surface area contributed by atoms with Gasteiger partial charge in [-0.05, 0) is 24.1 Å². The summed E-state index contributed by atoms with van der Waals surface area (Å²) >= 11 is 0. The normalized spacial score (nSPS) is 12.0. The molecule has 4 rings (SSSR count). The number of terminal acetylenes is 1. The molecule has 0 aliphatic carbocycles. The van der Waals surface area contributed by atoms with Crippen LogP contribution in [0, 0.1) is 12.3 Å². The number of hydrogen-bond donors (Lipinski definition) is 3. The van der Waals surface area contributed by atoms with Crippen LogP contribution in [0.15, 0.2) is 54.6 Å². The maximum Gasteiger partial charge on any atom is 0.324 e. The molecule has 0 saturated heterocycles. The Morgan fingerprint density at radius 2 is 1.77 bits per heavy atom. The van der Waals surface area contributed by atoms with E-state index in [2.05, 4.69) is 20.8 Å². The molecule has 2 heterocycles. The highest BCUT2D eigenvalue weighted by Gasteiger charge is 2.30. The highest BCUT2D eigenvalue weighted by Crippen LogP contribution is 2.34. The van der Waals surface area contributed by atoms with E-state index in [-0.39, 0.29) is 13.1 Å². The Labute approximate surface area is 172 Å². The number of amides is 4. The summed E-state index contributed by atoms with van der Waals surface area (Å²) in [7, 11) is 0. The van der Waals surface area contributed by atoms with Crippen molar-refractivity contribution in [2.75, 3.05) is 5.32 Å². The van der Waals surface area contributed by atoms with Gasteiger partial charge in [0, 0.05) is 16.7 Å². The molecule has 1 aliphatic rings. The molecule has 0 spiro atoms. The number of para-hydroxylation sites is 1. The highest BCUT2D eigenvalue weighted by atomic mass is 16.2. The van der Waals surface area contributed by atoms with Crippen LogP contribution in [0.1, 0.15) is 21.6 Å². The average Bonchev–Trinajstić information content (AvgIpc) is 3.36. The first kappa shape index (κ1) is 19.0. The monoisotopic (exact) mass is 399 g/mol. The second kappa shape index (κ2) is 7.93. The molecule has 1 aliphatic heterocycles. The molecule has 3 N–H and O–H groups in total. The van der Waals surface area contributed by atoms with Gasteiger partial charge in [-0.25, -0.2) is 4.79 Å². The van der Waals surface area contributed by atoms with Gasteiger partial charge in [-0.15, -0.1) is 6.42 Å². The van der Waals surface area contributed by atoms with Gasteiger partial charge in [0.2, 0.25) is 0 Å². The smallest absolute Gasteiger partial charge is 0.315 e. The van der Waals surface area contributed by atoms with Gasteiger partial charge in [-0.1, -0.05) is 36.4 Å². The number of nitrogens with one attached hydrogen (secondary N) is 3. The van der Waals surface area contributed by atoms with Crippen molar-refractivity contribution in [3.8, 4) is 23.6 Å². The van der Waals surface area contributed by atoms with E-state index >= 15 is 0 Å².